The number of hydrogen-bond acceptors (Lipinski definition) is 1. The Balaban J connectivity index is 0.00000225. The Morgan fingerprint density at radius 2 is 1.44 bits per heavy atom. The van der Waals surface area contributed by atoms with Crippen LogP contribution in [-0.2, 0) is 6.42 Å². The van der Waals surface area contributed by atoms with Gasteiger partial charge in [-0.05, 0) is 24.5 Å². The minimum absolute atomic E-state index is 0. The molecule has 1 radical (unpaired) electrons. The van der Waals surface area contributed by atoms with E-state index in [1.807, 2.05) is 12.1 Å². The highest BCUT2D eigenvalue weighted by atomic mass is 14.0. The Morgan fingerprint density at radius 3 is 2.06 bits per heavy atom. The highest BCUT2D eigenvalue weighted by molar-refractivity contribution is 5.13. The van der Waals surface area contributed by atoms with Crippen molar-refractivity contribution in [2.45, 2.75) is 58.3 Å². The predicted octanol–water partition coefficient (Wildman–Crippen LogP) is 4.94. The zero-order valence-electron chi connectivity index (χ0n) is 10.7. The molecule has 0 spiro atoms. The normalized spacial score (nSPS) is 9.81. The van der Waals surface area contributed by atoms with Gasteiger partial charge in [0, 0.05) is 0 Å². The lowest BCUT2D eigenvalue weighted by atomic mass is 10.0. The fourth-order valence-corrected chi connectivity index (χ4v) is 1.87. The van der Waals surface area contributed by atoms with Crippen molar-refractivity contribution < 1.29 is 0 Å². The molecule has 1 heteroatoms. The van der Waals surface area contributed by atoms with Crippen molar-refractivity contribution in [1.82, 2.24) is 6.15 Å². The molecule has 0 saturated heterocycles. The first-order chi connectivity index (χ1) is 7.43. The first kappa shape index (κ1) is 15.2. The van der Waals surface area contributed by atoms with Crippen molar-refractivity contribution in [3.05, 3.63) is 35.9 Å². The van der Waals surface area contributed by atoms with Gasteiger partial charge in [-0.2, -0.15) is 0 Å². The largest absolute Gasteiger partial charge is 0.344 e. The molecular formula is C15H26N. The van der Waals surface area contributed by atoms with E-state index in [1.54, 1.807) is 0 Å². The van der Waals surface area contributed by atoms with Gasteiger partial charge >= 0.3 is 0 Å². The van der Waals surface area contributed by atoms with Gasteiger partial charge in [-0.1, -0.05) is 69.7 Å². The first-order valence-electron chi connectivity index (χ1n) is 6.38. The Hall–Kier alpha value is -0.820. The first-order valence-corrected chi connectivity index (χ1v) is 6.38. The second-order valence-electron chi connectivity index (χ2n) is 4.28. The number of aryl methyl sites for hydroxylation is 1. The molecule has 0 aliphatic heterocycles. The molecule has 0 atom stereocenters. The van der Waals surface area contributed by atoms with Crippen molar-refractivity contribution in [3.63, 3.8) is 0 Å². The molecule has 0 amide bonds. The third-order valence-electron chi connectivity index (χ3n) is 2.86. The average Bonchev–Trinajstić information content (AvgIpc) is 2.29. The topological polar surface area (TPSA) is 35.0 Å². The lowest BCUT2D eigenvalue weighted by molar-refractivity contribution is 0.589. The molecule has 0 aliphatic rings. The van der Waals surface area contributed by atoms with Crippen LogP contribution in [0.15, 0.2) is 24.3 Å². The standard InChI is InChI=1S/C15H23.H3N/c1-2-3-4-5-6-7-9-12-15-13-10-8-11-14-15;/h10-11,13-14H,2-7,9,12H2,1H3;1H3. The predicted molar refractivity (Wildman–Crippen MR) is 72.0 cm³/mol. The summed E-state index contributed by atoms with van der Waals surface area (Å²) in [7, 11) is 0. The Bertz CT molecular complexity index is 230. The van der Waals surface area contributed by atoms with E-state index >= 15 is 0 Å². The van der Waals surface area contributed by atoms with E-state index in [2.05, 4.69) is 25.1 Å². The summed E-state index contributed by atoms with van der Waals surface area (Å²) in [5.74, 6) is 0. The Morgan fingerprint density at radius 1 is 0.875 bits per heavy atom. The Kier molecular flexibility index (Phi) is 10.1. The van der Waals surface area contributed by atoms with Crippen LogP contribution in [0.5, 0.6) is 0 Å². The summed E-state index contributed by atoms with van der Waals surface area (Å²) in [6.45, 7) is 2.27. The minimum atomic E-state index is 0. The summed E-state index contributed by atoms with van der Waals surface area (Å²) in [6, 6.07) is 11.4. The highest BCUT2D eigenvalue weighted by Crippen LogP contribution is 2.10. The van der Waals surface area contributed by atoms with Crippen LogP contribution < -0.4 is 6.15 Å². The molecular weight excluding hydrogens is 194 g/mol. The number of benzene rings is 1. The molecule has 1 rings (SSSR count). The summed E-state index contributed by atoms with van der Waals surface area (Å²) in [4.78, 5) is 0. The molecule has 0 saturated carbocycles. The quantitative estimate of drug-likeness (QED) is 0.619. The van der Waals surface area contributed by atoms with Gasteiger partial charge in [0.15, 0.2) is 0 Å². The van der Waals surface area contributed by atoms with Gasteiger partial charge in [0.1, 0.15) is 0 Å². The number of unbranched alkanes of at least 4 members (excludes halogenated alkanes) is 6. The second kappa shape index (κ2) is 10.7. The average molecular weight is 220 g/mol. The molecule has 16 heavy (non-hydrogen) atoms. The fraction of sp³-hybridized carbons (Fsp3) is 0.600. The van der Waals surface area contributed by atoms with Crippen molar-refractivity contribution >= 4 is 0 Å². The van der Waals surface area contributed by atoms with E-state index in [0.29, 0.717) is 0 Å². The van der Waals surface area contributed by atoms with Crippen LogP contribution in [0.2, 0.25) is 0 Å². The van der Waals surface area contributed by atoms with Crippen LogP contribution in [0.3, 0.4) is 0 Å². The molecule has 0 aromatic heterocycles. The van der Waals surface area contributed by atoms with Gasteiger partial charge in [-0.15, -0.1) is 0 Å². The molecule has 0 unspecified atom stereocenters. The molecule has 3 N–H and O–H groups in total. The van der Waals surface area contributed by atoms with E-state index in [-0.39, 0.29) is 6.15 Å². The van der Waals surface area contributed by atoms with Gasteiger partial charge in [0.05, 0.1) is 0 Å². The van der Waals surface area contributed by atoms with Gasteiger partial charge in [-0.3, -0.25) is 0 Å². The van der Waals surface area contributed by atoms with Crippen LogP contribution in [0, 0.1) is 6.07 Å². The third-order valence-corrected chi connectivity index (χ3v) is 2.86. The SMILES string of the molecule is CCCCCCCCCc1cc[c]cc1.N. The van der Waals surface area contributed by atoms with E-state index in [0.717, 1.165) is 0 Å². The van der Waals surface area contributed by atoms with Crippen molar-refractivity contribution in [3.8, 4) is 0 Å². The zero-order valence-corrected chi connectivity index (χ0v) is 10.7. The monoisotopic (exact) mass is 220 g/mol. The second-order valence-corrected chi connectivity index (χ2v) is 4.28. The summed E-state index contributed by atoms with van der Waals surface area (Å²) >= 11 is 0. The highest BCUT2D eigenvalue weighted by Gasteiger charge is 1.93. The van der Waals surface area contributed by atoms with Gasteiger partial charge in [0.25, 0.3) is 0 Å². The molecule has 1 aromatic rings. The zero-order chi connectivity index (χ0) is 10.8. The summed E-state index contributed by atoms with van der Waals surface area (Å²) in [5, 5.41) is 0. The maximum Gasteiger partial charge on any atom is -0.0184 e. The summed E-state index contributed by atoms with van der Waals surface area (Å²) in [6.07, 6.45) is 11.0. The van der Waals surface area contributed by atoms with Crippen molar-refractivity contribution in [1.29, 1.82) is 0 Å². The number of rotatable bonds is 8. The maximum atomic E-state index is 3.06. The molecule has 1 nitrogen and oxygen atoms in total. The molecule has 1 aromatic carbocycles. The summed E-state index contributed by atoms with van der Waals surface area (Å²) < 4.78 is 0. The van der Waals surface area contributed by atoms with Crippen LogP contribution in [0.4, 0.5) is 0 Å². The van der Waals surface area contributed by atoms with Crippen LogP contribution in [0.25, 0.3) is 0 Å². The van der Waals surface area contributed by atoms with Crippen molar-refractivity contribution in [2.75, 3.05) is 0 Å². The molecule has 0 heterocycles. The van der Waals surface area contributed by atoms with Crippen LogP contribution in [0.1, 0.15) is 57.4 Å². The lowest BCUT2D eigenvalue weighted by Gasteiger charge is -2.01. The van der Waals surface area contributed by atoms with E-state index < -0.39 is 0 Å². The van der Waals surface area contributed by atoms with Gasteiger partial charge in [-0.25, -0.2) is 0 Å². The van der Waals surface area contributed by atoms with Crippen LogP contribution in [-0.4, -0.2) is 0 Å². The Labute approximate surface area is 101 Å². The fourth-order valence-electron chi connectivity index (χ4n) is 1.87. The molecule has 0 aliphatic carbocycles. The molecule has 0 bridgehead atoms. The molecule has 91 valence electrons. The smallest absolute Gasteiger partial charge is 0.0184 e. The van der Waals surface area contributed by atoms with Gasteiger partial charge < -0.3 is 6.15 Å². The van der Waals surface area contributed by atoms with Gasteiger partial charge in [0.2, 0.25) is 0 Å². The lowest BCUT2D eigenvalue weighted by Crippen LogP contribution is -1.85. The third kappa shape index (κ3) is 7.47. The van der Waals surface area contributed by atoms with Crippen LogP contribution >= 0.6 is 0 Å². The minimum Gasteiger partial charge on any atom is -0.344 e. The van der Waals surface area contributed by atoms with E-state index in [4.69, 9.17) is 0 Å². The van der Waals surface area contributed by atoms with Crippen molar-refractivity contribution in [2.24, 2.45) is 0 Å². The number of hydrogen-bond donors (Lipinski definition) is 1. The van der Waals surface area contributed by atoms with E-state index in [9.17, 15) is 0 Å². The van der Waals surface area contributed by atoms with E-state index in [1.165, 1.54) is 56.9 Å². The molecule has 0 fully saturated rings. The summed E-state index contributed by atoms with van der Waals surface area (Å²) in [5.41, 5.74) is 1.46. The maximum absolute atomic E-state index is 3.06.